The maximum atomic E-state index is 13.4. The first-order valence-electron chi connectivity index (χ1n) is 12.8. The third kappa shape index (κ3) is 5.58. The average molecular weight is 458 g/mol. The summed E-state index contributed by atoms with van der Waals surface area (Å²) in [5.74, 6) is 0.908. The molecule has 1 saturated carbocycles. The molecule has 8 nitrogen and oxygen atoms in total. The van der Waals surface area contributed by atoms with Gasteiger partial charge in [0.15, 0.2) is 5.69 Å². The number of carbonyl (C=O) groups excluding carboxylic acids is 3. The zero-order valence-corrected chi connectivity index (χ0v) is 20.4. The van der Waals surface area contributed by atoms with Crippen LogP contribution in [0.2, 0.25) is 0 Å². The molecule has 0 radical (unpaired) electrons. The minimum absolute atomic E-state index is 0.0915. The third-order valence-electron chi connectivity index (χ3n) is 7.30. The summed E-state index contributed by atoms with van der Waals surface area (Å²) < 4.78 is 1.83. The van der Waals surface area contributed by atoms with Crippen molar-refractivity contribution in [2.45, 2.75) is 77.7 Å². The zero-order chi connectivity index (χ0) is 23.5. The Labute approximate surface area is 197 Å². The fraction of sp³-hybridized carbons (Fsp3) is 0.760. The maximum absolute atomic E-state index is 13.4. The summed E-state index contributed by atoms with van der Waals surface area (Å²) in [5, 5.41) is 7.57. The SMILES string of the molecule is CC(C)CCN1C(=O)CCCN(C(=O)C2CC2)CCCNC(=O)c2nn(C)c3c2CC1CC3. The van der Waals surface area contributed by atoms with Gasteiger partial charge in [0.1, 0.15) is 0 Å². The topological polar surface area (TPSA) is 87.5 Å². The van der Waals surface area contributed by atoms with Gasteiger partial charge in [-0.3, -0.25) is 19.1 Å². The second-order valence-electron chi connectivity index (χ2n) is 10.4. The smallest absolute Gasteiger partial charge is 0.272 e. The first-order valence-corrected chi connectivity index (χ1v) is 12.8. The summed E-state index contributed by atoms with van der Waals surface area (Å²) in [6.07, 6.45) is 7.17. The van der Waals surface area contributed by atoms with Gasteiger partial charge in [-0.05, 0) is 57.3 Å². The lowest BCUT2D eigenvalue weighted by Crippen LogP contribution is -2.45. The molecule has 1 aromatic rings. The number of nitrogens with zero attached hydrogens (tertiary/aromatic N) is 4. The molecule has 0 aromatic carbocycles. The Bertz CT molecular complexity index is 889. The van der Waals surface area contributed by atoms with Crippen LogP contribution in [0.25, 0.3) is 0 Å². The number of carbonyl (C=O) groups is 3. The predicted molar refractivity (Wildman–Crippen MR) is 126 cm³/mol. The van der Waals surface area contributed by atoms with Crippen molar-refractivity contribution in [3.05, 3.63) is 17.0 Å². The molecule has 1 unspecified atom stereocenters. The van der Waals surface area contributed by atoms with Gasteiger partial charge in [-0.1, -0.05) is 13.8 Å². The highest BCUT2D eigenvalue weighted by Gasteiger charge is 2.35. The van der Waals surface area contributed by atoms with Crippen molar-refractivity contribution < 1.29 is 14.4 Å². The molecule has 33 heavy (non-hydrogen) atoms. The van der Waals surface area contributed by atoms with Crippen molar-refractivity contribution >= 4 is 17.7 Å². The Morgan fingerprint density at radius 2 is 1.88 bits per heavy atom. The van der Waals surface area contributed by atoms with Gasteiger partial charge < -0.3 is 15.1 Å². The second kappa shape index (κ2) is 10.3. The van der Waals surface area contributed by atoms with E-state index in [1.807, 2.05) is 16.6 Å². The molecule has 0 spiro atoms. The van der Waals surface area contributed by atoms with Crippen LogP contribution in [0.5, 0.6) is 0 Å². The second-order valence-corrected chi connectivity index (χ2v) is 10.4. The van der Waals surface area contributed by atoms with Crippen molar-refractivity contribution in [1.29, 1.82) is 0 Å². The van der Waals surface area contributed by atoms with Crippen LogP contribution >= 0.6 is 0 Å². The lowest BCUT2D eigenvalue weighted by atomic mass is 9.89. The fourth-order valence-corrected chi connectivity index (χ4v) is 5.17. The zero-order valence-electron chi connectivity index (χ0n) is 20.4. The van der Waals surface area contributed by atoms with Crippen LogP contribution < -0.4 is 5.32 Å². The average Bonchev–Trinajstić information content (AvgIpc) is 3.58. The standard InChI is InChI=1S/C25H39N5O3/c1-17(2)11-15-30-19-9-10-21-20(16-19)23(27-28(21)3)24(32)26-12-5-14-29(13-4-6-22(30)31)25(33)18-7-8-18/h17-19H,4-16H2,1-3H3,(H,26,32). The van der Waals surface area contributed by atoms with Gasteiger partial charge in [-0.2, -0.15) is 5.10 Å². The van der Waals surface area contributed by atoms with E-state index in [0.29, 0.717) is 56.9 Å². The highest BCUT2D eigenvalue weighted by atomic mass is 16.2. The van der Waals surface area contributed by atoms with Crippen LogP contribution in [0.3, 0.4) is 0 Å². The van der Waals surface area contributed by atoms with Crippen molar-refractivity contribution in [3.63, 3.8) is 0 Å². The minimum atomic E-state index is -0.150. The number of amides is 3. The molecule has 1 N–H and O–H groups in total. The summed E-state index contributed by atoms with van der Waals surface area (Å²) in [6, 6.07) is 0.0915. The first kappa shape index (κ1) is 23.8. The molecule has 2 heterocycles. The Hall–Kier alpha value is -2.38. The van der Waals surface area contributed by atoms with Crippen LogP contribution in [0, 0.1) is 11.8 Å². The minimum Gasteiger partial charge on any atom is -0.351 e. The number of aromatic nitrogens is 2. The maximum Gasteiger partial charge on any atom is 0.272 e. The van der Waals surface area contributed by atoms with E-state index in [9.17, 15) is 14.4 Å². The summed E-state index contributed by atoms with van der Waals surface area (Å²) >= 11 is 0. The normalized spacial score (nSPS) is 22.7. The molecule has 8 heteroatoms. The molecule has 2 bridgehead atoms. The van der Waals surface area contributed by atoms with Gasteiger partial charge >= 0.3 is 0 Å². The van der Waals surface area contributed by atoms with Crippen LogP contribution in [0.4, 0.5) is 0 Å². The van der Waals surface area contributed by atoms with Crippen molar-refractivity contribution in [2.24, 2.45) is 18.9 Å². The molecule has 3 aliphatic rings. The van der Waals surface area contributed by atoms with Crippen LogP contribution in [-0.4, -0.2) is 69.5 Å². The fourth-order valence-electron chi connectivity index (χ4n) is 5.17. The summed E-state index contributed by atoms with van der Waals surface area (Å²) in [7, 11) is 1.90. The molecule has 1 atom stereocenters. The van der Waals surface area contributed by atoms with E-state index in [4.69, 9.17) is 0 Å². The van der Waals surface area contributed by atoms with E-state index >= 15 is 0 Å². The van der Waals surface area contributed by atoms with Crippen molar-refractivity contribution in [3.8, 4) is 0 Å². The highest BCUT2D eigenvalue weighted by molar-refractivity contribution is 5.94. The van der Waals surface area contributed by atoms with E-state index in [2.05, 4.69) is 29.2 Å². The van der Waals surface area contributed by atoms with Crippen molar-refractivity contribution in [1.82, 2.24) is 24.9 Å². The number of hydrogen-bond donors (Lipinski definition) is 1. The quantitative estimate of drug-likeness (QED) is 0.752. The third-order valence-corrected chi connectivity index (χ3v) is 7.30. The Morgan fingerprint density at radius 1 is 1.12 bits per heavy atom. The van der Waals surface area contributed by atoms with Crippen molar-refractivity contribution in [2.75, 3.05) is 26.2 Å². The molecular formula is C25H39N5O3. The number of hydrogen-bond acceptors (Lipinski definition) is 4. The Kier molecular flexibility index (Phi) is 7.39. The van der Waals surface area contributed by atoms with E-state index < -0.39 is 0 Å². The monoisotopic (exact) mass is 457 g/mol. The molecule has 1 fully saturated rings. The van der Waals surface area contributed by atoms with Gasteiger partial charge in [0.05, 0.1) is 0 Å². The molecule has 3 amide bonds. The molecular weight excluding hydrogens is 418 g/mol. The van der Waals surface area contributed by atoms with Crippen LogP contribution in [0.15, 0.2) is 0 Å². The molecule has 0 saturated heterocycles. The van der Waals surface area contributed by atoms with Gasteiger partial charge in [0.25, 0.3) is 5.91 Å². The lowest BCUT2D eigenvalue weighted by Gasteiger charge is -2.35. The first-order chi connectivity index (χ1) is 15.8. The van der Waals surface area contributed by atoms with E-state index in [-0.39, 0.29) is 29.7 Å². The lowest BCUT2D eigenvalue weighted by molar-refractivity contribution is -0.136. The molecule has 1 aromatic heterocycles. The molecule has 2 aliphatic carbocycles. The van der Waals surface area contributed by atoms with Gasteiger partial charge in [-0.25, -0.2) is 0 Å². The summed E-state index contributed by atoms with van der Waals surface area (Å²) in [6.45, 7) is 6.85. The van der Waals surface area contributed by atoms with Crippen LogP contribution in [0.1, 0.15) is 80.5 Å². The Morgan fingerprint density at radius 3 is 2.61 bits per heavy atom. The predicted octanol–water partition coefficient (Wildman–Crippen LogP) is 2.30. The number of nitrogens with one attached hydrogen (secondary N) is 1. The number of rotatable bonds is 4. The Balaban J connectivity index is 1.57. The van der Waals surface area contributed by atoms with Gasteiger partial charge in [-0.15, -0.1) is 0 Å². The van der Waals surface area contributed by atoms with Crippen LogP contribution in [-0.2, 0) is 29.5 Å². The van der Waals surface area contributed by atoms with E-state index in [1.165, 1.54) is 0 Å². The largest absolute Gasteiger partial charge is 0.351 e. The van der Waals surface area contributed by atoms with E-state index in [0.717, 1.165) is 49.9 Å². The number of aryl methyl sites for hydroxylation is 1. The molecule has 182 valence electrons. The highest BCUT2D eigenvalue weighted by Crippen LogP contribution is 2.31. The number of fused-ring (bicyclic) bond motifs is 1. The van der Waals surface area contributed by atoms with Gasteiger partial charge in [0.2, 0.25) is 11.8 Å². The van der Waals surface area contributed by atoms with E-state index in [1.54, 1.807) is 0 Å². The summed E-state index contributed by atoms with van der Waals surface area (Å²) in [5.41, 5.74) is 2.60. The molecule has 4 rings (SSSR count). The summed E-state index contributed by atoms with van der Waals surface area (Å²) in [4.78, 5) is 43.1. The molecule has 1 aliphatic heterocycles. The van der Waals surface area contributed by atoms with Gasteiger partial charge in [0, 0.05) is 62.9 Å².